The number of benzene rings is 1. The van der Waals surface area contributed by atoms with Crippen molar-refractivity contribution in [3.63, 3.8) is 0 Å². The third kappa shape index (κ3) is 3.30. The van der Waals surface area contributed by atoms with Crippen LogP contribution in [-0.2, 0) is 0 Å². The minimum Gasteiger partial charge on any atom is -0.482 e. The Morgan fingerprint density at radius 2 is 2.12 bits per heavy atom. The molecule has 8 heteroatoms. The van der Waals surface area contributed by atoms with Crippen LogP contribution < -0.4 is 4.74 Å². The van der Waals surface area contributed by atoms with Crippen LogP contribution in [0.25, 0.3) is 16.7 Å². The van der Waals surface area contributed by atoms with Crippen LogP contribution in [-0.4, -0.2) is 14.5 Å². The molecule has 1 aromatic carbocycles. The number of ether oxygens (including phenoxy) is 1. The minimum atomic E-state index is -2.75. The molecule has 0 aliphatic carbocycles. The van der Waals surface area contributed by atoms with Crippen molar-refractivity contribution in [1.82, 2.24) is 14.5 Å². The summed E-state index contributed by atoms with van der Waals surface area (Å²) in [6.45, 7) is 0.780. The Hall–Kier alpha value is -3.16. The van der Waals surface area contributed by atoms with Crippen molar-refractivity contribution in [2.75, 3.05) is 0 Å². The van der Waals surface area contributed by atoms with Crippen molar-refractivity contribution in [2.24, 2.45) is 5.11 Å². The maximum atomic E-state index is 13.4. The molecule has 1 atom stereocenters. The average molecular weight is 357 g/mol. The largest absolute Gasteiger partial charge is 0.482 e. The quantitative estimate of drug-likeness (QED) is 0.604. The number of nitrogens with one attached hydrogen (secondary N) is 1. The van der Waals surface area contributed by atoms with Gasteiger partial charge in [0.25, 0.3) is 0 Å². The van der Waals surface area contributed by atoms with Crippen LogP contribution in [0, 0.1) is 5.53 Å². The second kappa shape index (κ2) is 7.38. The van der Waals surface area contributed by atoms with E-state index in [0.29, 0.717) is 22.5 Å². The Morgan fingerprint density at radius 3 is 2.73 bits per heavy atom. The molecule has 0 radical (unpaired) electrons. The lowest BCUT2D eigenvalue weighted by Crippen LogP contribution is -2.07. The average Bonchev–Trinajstić information content (AvgIpc) is 3.08. The fourth-order valence-electron chi connectivity index (χ4n) is 2.68. The Balaban J connectivity index is 2.13. The number of alkyl halides is 2. The lowest BCUT2D eigenvalue weighted by molar-refractivity contribution is 0.0737. The van der Waals surface area contributed by atoms with Crippen LogP contribution in [0.3, 0.4) is 0 Å². The van der Waals surface area contributed by atoms with E-state index in [1.165, 1.54) is 0 Å². The lowest BCUT2D eigenvalue weighted by Gasteiger charge is -2.17. The number of aromatic nitrogens is 3. The van der Waals surface area contributed by atoms with Gasteiger partial charge in [-0.25, -0.2) is 10.5 Å². The first-order valence-corrected chi connectivity index (χ1v) is 7.95. The third-order valence-electron chi connectivity index (χ3n) is 3.94. The van der Waals surface area contributed by atoms with Gasteiger partial charge in [-0.15, -0.1) is 0 Å². The first-order valence-electron chi connectivity index (χ1n) is 7.95. The van der Waals surface area contributed by atoms with Crippen LogP contribution in [0.4, 0.5) is 8.78 Å². The molecule has 3 rings (SSSR count). The molecular weight excluding hydrogens is 340 g/mol. The maximum absolute atomic E-state index is 13.4. The fourth-order valence-corrected chi connectivity index (χ4v) is 2.68. The summed E-state index contributed by atoms with van der Waals surface area (Å²) < 4.78 is 33.4. The van der Waals surface area contributed by atoms with E-state index in [2.05, 4.69) is 15.1 Å². The molecule has 0 fully saturated rings. The normalized spacial score (nSPS) is 13.2. The Kier molecular flexibility index (Phi) is 5.01. The van der Waals surface area contributed by atoms with Gasteiger partial charge in [-0.05, 0) is 38.1 Å². The van der Waals surface area contributed by atoms with E-state index in [1.54, 1.807) is 50.4 Å². The smallest absolute Gasteiger partial charge is 0.320 e. The van der Waals surface area contributed by atoms with E-state index in [9.17, 15) is 8.78 Å². The van der Waals surface area contributed by atoms with Crippen molar-refractivity contribution in [1.29, 1.82) is 5.53 Å². The molecule has 0 aliphatic rings. The summed E-state index contributed by atoms with van der Waals surface area (Å²) >= 11 is 0. The summed E-state index contributed by atoms with van der Waals surface area (Å²) in [6, 6.07) is 8.62. The molecule has 0 amide bonds. The SMILES string of the molecule is CC=C(N=N)c1cc(O[C@H](C)c2ccccn2)c2c(c1)ncn2C(F)F. The second-order valence-corrected chi connectivity index (χ2v) is 5.57. The summed E-state index contributed by atoms with van der Waals surface area (Å²) in [5.41, 5.74) is 9.45. The second-order valence-electron chi connectivity index (χ2n) is 5.57. The number of rotatable bonds is 6. The maximum Gasteiger partial charge on any atom is 0.320 e. The molecule has 0 saturated carbocycles. The van der Waals surface area contributed by atoms with Crippen LogP contribution in [0.5, 0.6) is 5.75 Å². The highest BCUT2D eigenvalue weighted by molar-refractivity contribution is 5.86. The minimum absolute atomic E-state index is 0.187. The topological polar surface area (TPSA) is 76.2 Å². The zero-order valence-corrected chi connectivity index (χ0v) is 14.2. The van der Waals surface area contributed by atoms with Crippen LogP contribution >= 0.6 is 0 Å². The molecule has 1 N–H and O–H groups in total. The molecule has 2 heterocycles. The molecule has 0 unspecified atom stereocenters. The Morgan fingerprint density at radius 1 is 1.31 bits per heavy atom. The van der Waals surface area contributed by atoms with Crippen molar-refractivity contribution in [3.05, 3.63) is 60.2 Å². The van der Waals surface area contributed by atoms with Gasteiger partial charge < -0.3 is 4.74 Å². The van der Waals surface area contributed by atoms with Crippen molar-refractivity contribution in [2.45, 2.75) is 26.5 Å². The molecule has 26 heavy (non-hydrogen) atoms. The summed E-state index contributed by atoms with van der Waals surface area (Å²) in [4.78, 5) is 8.28. The molecule has 0 saturated heterocycles. The van der Waals surface area contributed by atoms with Crippen LogP contribution in [0.1, 0.15) is 37.8 Å². The summed E-state index contributed by atoms with van der Waals surface area (Å²) in [7, 11) is 0. The number of nitrogens with zero attached hydrogens (tertiary/aromatic N) is 4. The van der Waals surface area contributed by atoms with Gasteiger partial charge in [-0.2, -0.15) is 13.9 Å². The van der Waals surface area contributed by atoms with Gasteiger partial charge in [-0.1, -0.05) is 12.1 Å². The van der Waals surface area contributed by atoms with Gasteiger partial charge in [0.15, 0.2) is 0 Å². The van der Waals surface area contributed by atoms with Gasteiger partial charge in [0.2, 0.25) is 0 Å². The van der Waals surface area contributed by atoms with E-state index in [0.717, 1.165) is 10.9 Å². The number of hydrogen-bond acceptors (Lipinski definition) is 5. The molecule has 0 aliphatic heterocycles. The standard InChI is InChI=1S/C18H17F2N5O/c1-3-13(24-21)12-8-15-17(25(10-23-15)18(19)20)16(9-12)26-11(2)14-6-4-5-7-22-14/h3-11,18,21H,1-2H3/t11-/m1/s1. The predicted molar refractivity (Wildman–Crippen MR) is 93.1 cm³/mol. The van der Waals surface area contributed by atoms with Gasteiger partial charge in [0.05, 0.1) is 16.9 Å². The fraction of sp³-hybridized carbons (Fsp3) is 0.222. The van der Waals surface area contributed by atoms with Crippen molar-refractivity contribution < 1.29 is 13.5 Å². The summed E-state index contributed by atoms with van der Waals surface area (Å²) in [6.07, 6.45) is 3.91. The number of fused-ring (bicyclic) bond motifs is 1. The third-order valence-corrected chi connectivity index (χ3v) is 3.94. The molecule has 2 aromatic heterocycles. The molecular formula is C18H17F2N5O. The number of imidazole rings is 1. The van der Waals surface area contributed by atoms with Gasteiger partial charge in [0, 0.05) is 11.8 Å². The zero-order chi connectivity index (χ0) is 18.7. The van der Waals surface area contributed by atoms with Crippen LogP contribution in [0.2, 0.25) is 0 Å². The predicted octanol–water partition coefficient (Wildman–Crippen LogP) is 5.36. The first kappa shape index (κ1) is 17.7. The summed E-state index contributed by atoms with van der Waals surface area (Å²) in [5.74, 6) is 0.233. The molecule has 6 nitrogen and oxygen atoms in total. The lowest BCUT2D eigenvalue weighted by atomic mass is 10.1. The van der Waals surface area contributed by atoms with Gasteiger partial charge in [0.1, 0.15) is 23.7 Å². The Labute approximate surface area is 148 Å². The highest BCUT2D eigenvalue weighted by atomic mass is 19.3. The van der Waals surface area contributed by atoms with E-state index in [-0.39, 0.29) is 11.3 Å². The highest BCUT2D eigenvalue weighted by Crippen LogP contribution is 2.35. The zero-order valence-electron chi connectivity index (χ0n) is 14.2. The van der Waals surface area contributed by atoms with Crippen LogP contribution in [0.15, 0.2) is 54.0 Å². The van der Waals surface area contributed by atoms with Crippen molar-refractivity contribution in [3.8, 4) is 5.75 Å². The monoisotopic (exact) mass is 357 g/mol. The van der Waals surface area contributed by atoms with E-state index in [1.807, 2.05) is 6.07 Å². The van der Waals surface area contributed by atoms with Gasteiger partial charge in [-0.3, -0.25) is 9.55 Å². The van der Waals surface area contributed by atoms with E-state index < -0.39 is 12.7 Å². The first-order chi connectivity index (χ1) is 12.5. The number of allylic oxidation sites excluding steroid dienone is 1. The van der Waals surface area contributed by atoms with E-state index in [4.69, 9.17) is 10.3 Å². The number of halogens is 2. The molecule has 0 bridgehead atoms. The number of pyridine rings is 1. The van der Waals surface area contributed by atoms with Gasteiger partial charge >= 0.3 is 6.55 Å². The number of hydrogen-bond donors (Lipinski definition) is 1. The Bertz CT molecular complexity index is 953. The summed E-state index contributed by atoms with van der Waals surface area (Å²) in [5, 5.41) is 3.46. The van der Waals surface area contributed by atoms with Crippen molar-refractivity contribution >= 4 is 16.7 Å². The molecule has 134 valence electrons. The highest BCUT2D eigenvalue weighted by Gasteiger charge is 2.20. The van der Waals surface area contributed by atoms with E-state index >= 15 is 0 Å². The molecule has 3 aromatic rings. The molecule has 0 spiro atoms.